The largest absolute Gasteiger partial charge is 0.420 e. The van der Waals surface area contributed by atoms with Crippen LogP contribution in [0.25, 0.3) is 16.0 Å². The van der Waals surface area contributed by atoms with Crippen molar-refractivity contribution in [2.24, 2.45) is 0 Å². The van der Waals surface area contributed by atoms with E-state index < -0.39 is 0 Å². The molecule has 0 bridgehead atoms. The molecule has 0 atom stereocenters. The molecular formula is C14H11BrN5+. The Morgan fingerprint density at radius 3 is 2.75 bits per heavy atom. The van der Waals surface area contributed by atoms with Crippen molar-refractivity contribution in [3.8, 4) is 0 Å². The number of fused-ring (bicyclic) bond motifs is 1. The molecule has 3 rings (SSSR count). The van der Waals surface area contributed by atoms with E-state index in [2.05, 4.69) is 31.0 Å². The number of aryl methyl sites for hydroxylation is 1. The minimum atomic E-state index is 0.441. The summed E-state index contributed by atoms with van der Waals surface area (Å²) in [6.07, 6.45) is 1.73. The van der Waals surface area contributed by atoms with Gasteiger partial charge in [-0.25, -0.2) is 9.67 Å². The Morgan fingerprint density at radius 2 is 2.05 bits per heavy atom. The molecule has 2 heterocycles. The van der Waals surface area contributed by atoms with Crippen molar-refractivity contribution < 1.29 is 0 Å². The Balaban J connectivity index is 2.13. The van der Waals surface area contributed by atoms with E-state index in [-0.39, 0.29) is 0 Å². The average molecular weight is 329 g/mol. The van der Waals surface area contributed by atoms with E-state index in [4.69, 9.17) is 5.39 Å². The van der Waals surface area contributed by atoms with Gasteiger partial charge in [-0.15, -0.1) is 0 Å². The molecule has 5 nitrogen and oxygen atoms in total. The van der Waals surface area contributed by atoms with Crippen LogP contribution in [0.4, 0.5) is 5.69 Å². The lowest BCUT2D eigenvalue weighted by atomic mass is 10.2. The van der Waals surface area contributed by atoms with Gasteiger partial charge in [-0.2, -0.15) is 5.10 Å². The van der Waals surface area contributed by atoms with Crippen LogP contribution in [0.15, 0.2) is 41.0 Å². The number of hydrogen-bond donors (Lipinski definition) is 0. The molecule has 6 heteroatoms. The molecule has 0 saturated heterocycles. The summed E-state index contributed by atoms with van der Waals surface area (Å²) in [6.45, 7) is 2.46. The van der Waals surface area contributed by atoms with Gasteiger partial charge < -0.3 is 0 Å². The molecule has 98 valence electrons. The Kier molecular flexibility index (Phi) is 3.20. The predicted octanol–water partition coefficient (Wildman–Crippen LogP) is 4.04. The van der Waals surface area contributed by atoms with Crippen molar-refractivity contribution in [3.05, 3.63) is 57.2 Å². The zero-order valence-corrected chi connectivity index (χ0v) is 12.4. The first-order valence-electron chi connectivity index (χ1n) is 6.11. The van der Waals surface area contributed by atoms with Gasteiger partial charge in [0.15, 0.2) is 10.6 Å². The van der Waals surface area contributed by atoms with Gasteiger partial charge in [0.25, 0.3) is 0 Å². The number of diazo groups is 1. The van der Waals surface area contributed by atoms with E-state index in [9.17, 15) is 0 Å². The fourth-order valence-electron chi connectivity index (χ4n) is 2.14. The highest BCUT2D eigenvalue weighted by molar-refractivity contribution is 9.10. The third kappa shape index (κ3) is 2.06. The van der Waals surface area contributed by atoms with Crippen LogP contribution < -0.4 is 0 Å². The topological polar surface area (TPSA) is 58.9 Å². The molecular weight excluding hydrogens is 318 g/mol. The molecule has 0 N–H and O–H groups in total. The highest BCUT2D eigenvalue weighted by Crippen LogP contribution is 2.34. The Morgan fingerprint density at radius 1 is 1.30 bits per heavy atom. The van der Waals surface area contributed by atoms with Crippen molar-refractivity contribution in [1.82, 2.24) is 14.8 Å². The van der Waals surface area contributed by atoms with Crippen LogP contribution in [0.1, 0.15) is 11.3 Å². The van der Waals surface area contributed by atoms with E-state index in [1.165, 1.54) is 0 Å². The van der Waals surface area contributed by atoms with Gasteiger partial charge in [-0.3, -0.25) is 0 Å². The van der Waals surface area contributed by atoms with Crippen LogP contribution in [-0.4, -0.2) is 14.8 Å². The molecule has 2 aromatic heterocycles. The number of aromatic nitrogens is 3. The van der Waals surface area contributed by atoms with E-state index in [1.54, 1.807) is 13.1 Å². The molecule has 0 aliphatic heterocycles. The molecule has 0 unspecified atom stereocenters. The van der Waals surface area contributed by atoms with Crippen molar-refractivity contribution in [2.45, 2.75) is 13.5 Å². The van der Waals surface area contributed by atoms with Crippen LogP contribution in [-0.2, 0) is 6.54 Å². The molecule has 0 fully saturated rings. The minimum Gasteiger partial charge on any atom is -0.243 e. The molecule has 0 saturated carbocycles. The second-order valence-corrected chi connectivity index (χ2v) is 5.28. The van der Waals surface area contributed by atoms with Gasteiger partial charge in [0.2, 0.25) is 5.39 Å². The molecule has 20 heavy (non-hydrogen) atoms. The van der Waals surface area contributed by atoms with Crippen molar-refractivity contribution >= 4 is 32.7 Å². The molecule has 1 aromatic carbocycles. The number of halogens is 1. The molecule has 0 aliphatic rings. The summed E-state index contributed by atoms with van der Waals surface area (Å²) in [5.74, 6) is 0. The summed E-state index contributed by atoms with van der Waals surface area (Å²) in [5.41, 5.74) is 3.02. The molecule has 0 radical (unpaired) electrons. The van der Waals surface area contributed by atoms with Crippen LogP contribution >= 0.6 is 15.9 Å². The molecule has 0 amide bonds. The van der Waals surface area contributed by atoms with Crippen molar-refractivity contribution in [1.29, 1.82) is 5.39 Å². The quantitative estimate of drug-likeness (QED) is 0.667. The smallest absolute Gasteiger partial charge is 0.243 e. The van der Waals surface area contributed by atoms with E-state index in [0.29, 0.717) is 22.4 Å². The maximum atomic E-state index is 9.03. The number of benzene rings is 1. The zero-order chi connectivity index (χ0) is 14.1. The third-order valence-corrected chi connectivity index (χ3v) is 3.95. The number of nitrogens with zero attached hydrogens (tertiary/aromatic N) is 5. The maximum Gasteiger partial charge on any atom is 0.420 e. The van der Waals surface area contributed by atoms with E-state index in [1.807, 2.05) is 35.0 Å². The van der Waals surface area contributed by atoms with Gasteiger partial charge >= 0.3 is 5.69 Å². The van der Waals surface area contributed by atoms with Crippen LogP contribution in [0, 0.1) is 12.3 Å². The fraction of sp³-hybridized carbons (Fsp3) is 0.143. The minimum absolute atomic E-state index is 0.441. The second-order valence-electron chi connectivity index (χ2n) is 4.48. The van der Waals surface area contributed by atoms with Gasteiger partial charge in [0, 0.05) is 0 Å². The highest BCUT2D eigenvalue weighted by atomic mass is 79.9. The first-order chi connectivity index (χ1) is 9.70. The van der Waals surface area contributed by atoms with E-state index >= 15 is 0 Å². The lowest BCUT2D eigenvalue weighted by Crippen LogP contribution is -2.02. The van der Waals surface area contributed by atoms with Crippen LogP contribution in [0.3, 0.4) is 0 Å². The molecule has 0 spiro atoms. The van der Waals surface area contributed by atoms with Crippen molar-refractivity contribution in [3.63, 3.8) is 0 Å². The number of pyridine rings is 1. The van der Waals surface area contributed by atoms with Gasteiger partial charge in [-0.1, -0.05) is 30.3 Å². The van der Waals surface area contributed by atoms with Gasteiger partial charge in [0.1, 0.15) is 10.2 Å². The molecule has 3 aromatic rings. The van der Waals surface area contributed by atoms with E-state index in [0.717, 1.165) is 16.6 Å². The summed E-state index contributed by atoms with van der Waals surface area (Å²) in [6, 6.07) is 10.1. The fourth-order valence-corrected chi connectivity index (χ4v) is 2.78. The van der Waals surface area contributed by atoms with Gasteiger partial charge in [0.05, 0.1) is 18.1 Å². The molecule has 0 aliphatic carbocycles. The summed E-state index contributed by atoms with van der Waals surface area (Å²) in [7, 11) is 0. The summed E-state index contributed by atoms with van der Waals surface area (Å²) in [5, 5.41) is 14.2. The predicted molar refractivity (Wildman–Crippen MR) is 80.3 cm³/mol. The summed E-state index contributed by atoms with van der Waals surface area (Å²) < 4.78 is 2.55. The lowest BCUT2D eigenvalue weighted by Gasteiger charge is -2.03. The van der Waals surface area contributed by atoms with Crippen LogP contribution in [0.2, 0.25) is 0 Å². The average Bonchev–Trinajstić information content (AvgIpc) is 2.84. The Hall–Kier alpha value is -2.26. The van der Waals surface area contributed by atoms with Gasteiger partial charge in [-0.05, 0) is 28.4 Å². The number of hydrogen-bond acceptors (Lipinski definition) is 3. The highest BCUT2D eigenvalue weighted by Gasteiger charge is 2.23. The maximum absolute atomic E-state index is 9.03. The normalized spacial score (nSPS) is 10.7. The first kappa shape index (κ1) is 12.8. The zero-order valence-electron chi connectivity index (χ0n) is 10.8. The Labute approximate surface area is 124 Å². The van der Waals surface area contributed by atoms with Crippen LogP contribution in [0.5, 0.6) is 0 Å². The standard InChI is InChI=1S/C14H11BrN5/c1-9-13(19-16)12(15)11-7-17-20(14(11)18-9)8-10-5-3-2-4-6-10/h2-7H,8H2,1H3/q+1. The monoisotopic (exact) mass is 328 g/mol. The Bertz CT molecular complexity index is 817. The van der Waals surface area contributed by atoms with Crippen molar-refractivity contribution in [2.75, 3.05) is 0 Å². The third-order valence-electron chi connectivity index (χ3n) is 3.15. The SMILES string of the molecule is Cc1nc2c(cnn2Cc2ccccc2)c(Br)c1[N+]#N. The second kappa shape index (κ2) is 5.02. The first-order valence-corrected chi connectivity index (χ1v) is 6.90. The number of rotatable bonds is 2. The summed E-state index contributed by atoms with van der Waals surface area (Å²) >= 11 is 3.44. The summed E-state index contributed by atoms with van der Waals surface area (Å²) in [4.78, 5) is 7.75. The lowest BCUT2D eigenvalue weighted by molar-refractivity contribution is 0.703.